The monoisotopic (exact) mass is 348 g/mol. The van der Waals surface area contributed by atoms with Crippen molar-refractivity contribution in [1.29, 1.82) is 0 Å². The lowest BCUT2D eigenvalue weighted by molar-refractivity contribution is -0.121. The van der Waals surface area contributed by atoms with E-state index in [1.54, 1.807) is 6.33 Å². The number of anilines is 2. The van der Waals surface area contributed by atoms with Crippen LogP contribution >= 0.6 is 0 Å². The van der Waals surface area contributed by atoms with Crippen LogP contribution in [0.3, 0.4) is 0 Å². The van der Waals surface area contributed by atoms with Gasteiger partial charge in [-0.15, -0.1) is 0 Å². The van der Waals surface area contributed by atoms with Crippen LogP contribution in [0, 0.1) is 5.92 Å². The van der Waals surface area contributed by atoms with Crippen molar-refractivity contribution in [3.63, 3.8) is 0 Å². The summed E-state index contributed by atoms with van der Waals surface area (Å²) in [4.78, 5) is 25.0. The van der Waals surface area contributed by atoms with E-state index in [1.165, 1.54) is 6.42 Å². The van der Waals surface area contributed by atoms with Gasteiger partial charge in [-0.25, -0.2) is 9.97 Å². The van der Waals surface area contributed by atoms with E-state index in [1.807, 2.05) is 20.2 Å². The zero-order chi connectivity index (χ0) is 18.1. The number of nitrogens with one attached hydrogen (secondary N) is 2. The van der Waals surface area contributed by atoms with E-state index in [9.17, 15) is 4.79 Å². The molecule has 7 heteroatoms. The molecule has 0 spiro atoms. The largest absolute Gasteiger partial charge is 0.370 e. The maximum atomic E-state index is 12.0. The van der Waals surface area contributed by atoms with E-state index in [2.05, 4.69) is 37.3 Å². The lowest BCUT2D eigenvalue weighted by Gasteiger charge is -2.33. The Bertz CT molecular complexity index is 536. The summed E-state index contributed by atoms with van der Waals surface area (Å²) in [5.41, 5.74) is 0. The highest BCUT2D eigenvalue weighted by molar-refractivity contribution is 5.75. The second-order valence-electron chi connectivity index (χ2n) is 6.94. The molecule has 0 unspecified atom stereocenters. The number of aromatic nitrogens is 2. The first-order valence-corrected chi connectivity index (χ1v) is 9.30. The standard InChI is InChI=1S/C18H32N6O/c1-4-19-16-12-17(22-14-21-16)24-10-5-6-15(13-24)7-8-18(25)20-9-11-23(2)3/h12,14-15H,4-11,13H2,1-3H3,(H,20,25)(H,19,21,22)/t15-/m1/s1. The molecule has 7 nitrogen and oxygen atoms in total. The average molecular weight is 348 g/mol. The molecule has 1 saturated heterocycles. The van der Waals surface area contributed by atoms with E-state index in [4.69, 9.17) is 0 Å². The topological polar surface area (TPSA) is 73.4 Å². The Balaban J connectivity index is 1.78. The van der Waals surface area contributed by atoms with Crippen LogP contribution in [0.4, 0.5) is 11.6 Å². The lowest BCUT2D eigenvalue weighted by Crippen LogP contribution is -2.37. The molecule has 1 aliphatic heterocycles. The quantitative estimate of drug-likeness (QED) is 0.706. The smallest absolute Gasteiger partial charge is 0.220 e. The van der Waals surface area contributed by atoms with Crippen LogP contribution in [0.5, 0.6) is 0 Å². The van der Waals surface area contributed by atoms with E-state index in [-0.39, 0.29) is 5.91 Å². The summed E-state index contributed by atoms with van der Waals surface area (Å²) < 4.78 is 0. The Labute approximate surface area is 151 Å². The van der Waals surface area contributed by atoms with Gasteiger partial charge in [0.25, 0.3) is 0 Å². The van der Waals surface area contributed by atoms with Crippen molar-refractivity contribution in [1.82, 2.24) is 20.2 Å². The van der Waals surface area contributed by atoms with Gasteiger partial charge in [0, 0.05) is 45.2 Å². The summed E-state index contributed by atoms with van der Waals surface area (Å²) in [6.07, 6.45) is 5.50. The van der Waals surface area contributed by atoms with Crippen molar-refractivity contribution in [3.05, 3.63) is 12.4 Å². The zero-order valence-electron chi connectivity index (χ0n) is 15.8. The number of likely N-dealkylation sites (N-methyl/N-ethyl adjacent to an activating group) is 1. The highest BCUT2D eigenvalue weighted by Gasteiger charge is 2.21. The molecule has 0 aliphatic carbocycles. The van der Waals surface area contributed by atoms with Crippen molar-refractivity contribution in [2.75, 3.05) is 57.0 Å². The van der Waals surface area contributed by atoms with Crippen LogP contribution in [-0.4, -0.2) is 67.6 Å². The fraction of sp³-hybridized carbons (Fsp3) is 0.722. The van der Waals surface area contributed by atoms with Crippen molar-refractivity contribution in [3.8, 4) is 0 Å². The summed E-state index contributed by atoms with van der Waals surface area (Å²) >= 11 is 0. The van der Waals surface area contributed by atoms with Gasteiger partial charge in [0.1, 0.15) is 18.0 Å². The molecular weight excluding hydrogens is 316 g/mol. The Hall–Kier alpha value is -1.89. The third-order valence-corrected chi connectivity index (χ3v) is 4.51. The first-order chi connectivity index (χ1) is 12.1. The fourth-order valence-corrected chi connectivity index (χ4v) is 3.15. The summed E-state index contributed by atoms with van der Waals surface area (Å²) in [7, 11) is 4.02. The fourth-order valence-electron chi connectivity index (χ4n) is 3.15. The SMILES string of the molecule is CCNc1cc(N2CCC[C@H](CCC(=O)NCCN(C)C)C2)ncn1. The van der Waals surface area contributed by atoms with Crippen molar-refractivity contribution < 1.29 is 4.79 Å². The molecule has 0 aromatic carbocycles. The van der Waals surface area contributed by atoms with Gasteiger partial charge in [-0.05, 0) is 46.2 Å². The summed E-state index contributed by atoms with van der Waals surface area (Å²) in [5.74, 6) is 2.56. The molecule has 1 aromatic heterocycles. The van der Waals surface area contributed by atoms with Crippen LogP contribution in [0.25, 0.3) is 0 Å². The van der Waals surface area contributed by atoms with E-state index in [0.717, 1.165) is 57.2 Å². The minimum Gasteiger partial charge on any atom is -0.370 e. The van der Waals surface area contributed by atoms with E-state index >= 15 is 0 Å². The summed E-state index contributed by atoms with van der Waals surface area (Å²) in [6.45, 7) is 6.49. The molecular formula is C18H32N6O. The van der Waals surface area contributed by atoms with Gasteiger partial charge < -0.3 is 20.4 Å². The number of carbonyl (C=O) groups is 1. The second kappa shape index (κ2) is 10.2. The first kappa shape index (κ1) is 19.4. The van der Waals surface area contributed by atoms with E-state index < -0.39 is 0 Å². The first-order valence-electron chi connectivity index (χ1n) is 9.30. The average Bonchev–Trinajstić information content (AvgIpc) is 2.60. The predicted molar refractivity (Wildman–Crippen MR) is 102 cm³/mol. The molecule has 0 bridgehead atoms. The Morgan fingerprint density at radius 2 is 2.24 bits per heavy atom. The minimum absolute atomic E-state index is 0.162. The van der Waals surface area contributed by atoms with Crippen LogP contribution in [0.1, 0.15) is 32.6 Å². The van der Waals surface area contributed by atoms with Crippen molar-refractivity contribution in [2.45, 2.75) is 32.6 Å². The second-order valence-corrected chi connectivity index (χ2v) is 6.94. The van der Waals surface area contributed by atoms with Gasteiger partial charge in [-0.1, -0.05) is 0 Å². The highest BCUT2D eigenvalue weighted by Crippen LogP contribution is 2.25. The van der Waals surface area contributed by atoms with Gasteiger partial charge in [0.15, 0.2) is 0 Å². The molecule has 2 rings (SSSR count). The molecule has 25 heavy (non-hydrogen) atoms. The molecule has 0 radical (unpaired) electrons. The van der Waals surface area contributed by atoms with Gasteiger partial charge in [0.05, 0.1) is 0 Å². The number of carbonyl (C=O) groups excluding carboxylic acids is 1. The molecule has 1 amide bonds. The van der Waals surface area contributed by atoms with Gasteiger partial charge in [0.2, 0.25) is 5.91 Å². The Morgan fingerprint density at radius 3 is 3.00 bits per heavy atom. The number of amides is 1. The Morgan fingerprint density at radius 1 is 1.40 bits per heavy atom. The van der Waals surface area contributed by atoms with Gasteiger partial charge >= 0.3 is 0 Å². The molecule has 140 valence electrons. The molecule has 1 fully saturated rings. The zero-order valence-corrected chi connectivity index (χ0v) is 15.8. The maximum absolute atomic E-state index is 12.0. The predicted octanol–water partition coefficient (Wildman–Crippen LogP) is 1.58. The molecule has 2 N–H and O–H groups in total. The number of rotatable bonds is 9. The number of nitrogens with zero attached hydrogens (tertiary/aromatic N) is 4. The highest BCUT2D eigenvalue weighted by atomic mass is 16.1. The number of hydrogen-bond donors (Lipinski definition) is 2. The maximum Gasteiger partial charge on any atom is 0.220 e. The van der Waals surface area contributed by atoms with Crippen LogP contribution in [0.2, 0.25) is 0 Å². The molecule has 0 saturated carbocycles. The number of hydrogen-bond acceptors (Lipinski definition) is 6. The molecule has 2 heterocycles. The summed E-state index contributed by atoms with van der Waals surface area (Å²) in [6, 6.07) is 2.01. The van der Waals surface area contributed by atoms with Gasteiger partial charge in [-0.2, -0.15) is 0 Å². The minimum atomic E-state index is 0.162. The third kappa shape index (κ3) is 6.86. The molecule has 1 aliphatic rings. The van der Waals surface area contributed by atoms with Crippen LogP contribution in [0.15, 0.2) is 12.4 Å². The van der Waals surface area contributed by atoms with Crippen LogP contribution < -0.4 is 15.5 Å². The van der Waals surface area contributed by atoms with Crippen molar-refractivity contribution >= 4 is 17.5 Å². The summed E-state index contributed by atoms with van der Waals surface area (Å²) in [5, 5.41) is 6.23. The van der Waals surface area contributed by atoms with Crippen molar-refractivity contribution in [2.24, 2.45) is 5.92 Å². The van der Waals surface area contributed by atoms with Gasteiger partial charge in [-0.3, -0.25) is 4.79 Å². The lowest BCUT2D eigenvalue weighted by atomic mass is 9.93. The van der Waals surface area contributed by atoms with Crippen LogP contribution in [-0.2, 0) is 4.79 Å². The normalized spacial score (nSPS) is 17.6. The molecule has 1 aromatic rings. The third-order valence-electron chi connectivity index (χ3n) is 4.51. The van der Waals surface area contributed by atoms with E-state index in [0.29, 0.717) is 12.3 Å². The molecule has 1 atom stereocenters. The number of piperidine rings is 1. The Kier molecular flexibility index (Phi) is 7.91.